The van der Waals surface area contributed by atoms with Gasteiger partial charge in [0, 0.05) is 5.71 Å². The third-order valence-electron chi connectivity index (χ3n) is 3.86. The maximum absolute atomic E-state index is 12.4. The average Bonchev–Trinajstić information content (AvgIpc) is 2.66. The molecular formula is C21H26N2O2. The Bertz CT molecular complexity index is 696. The van der Waals surface area contributed by atoms with Crippen LogP contribution in [0.15, 0.2) is 59.7 Å². The van der Waals surface area contributed by atoms with E-state index in [0.717, 1.165) is 24.1 Å². The monoisotopic (exact) mass is 338 g/mol. The second-order valence-electron chi connectivity index (χ2n) is 6.02. The highest BCUT2D eigenvalue weighted by Gasteiger charge is 2.11. The molecule has 0 aliphatic heterocycles. The van der Waals surface area contributed by atoms with E-state index < -0.39 is 0 Å². The molecule has 0 bridgehead atoms. The van der Waals surface area contributed by atoms with Crippen molar-refractivity contribution in [2.24, 2.45) is 5.10 Å². The molecule has 132 valence electrons. The van der Waals surface area contributed by atoms with E-state index in [9.17, 15) is 4.79 Å². The van der Waals surface area contributed by atoms with Gasteiger partial charge in [-0.3, -0.25) is 4.79 Å². The van der Waals surface area contributed by atoms with Crippen molar-refractivity contribution < 1.29 is 9.53 Å². The van der Waals surface area contributed by atoms with E-state index in [1.807, 2.05) is 49.4 Å². The summed E-state index contributed by atoms with van der Waals surface area (Å²) in [5.74, 6) is 0.307. The highest BCUT2D eigenvalue weighted by atomic mass is 16.5. The molecular weight excluding hydrogens is 312 g/mol. The zero-order valence-corrected chi connectivity index (χ0v) is 15.0. The van der Waals surface area contributed by atoms with E-state index in [0.29, 0.717) is 17.9 Å². The lowest BCUT2D eigenvalue weighted by Gasteiger charge is -2.10. The topological polar surface area (TPSA) is 50.7 Å². The summed E-state index contributed by atoms with van der Waals surface area (Å²) in [4.78, 5) is 12.4. The summed E-state index contributed by atoms with van der Waals surface area (Å²) in [6.07, 6.45) is 4.35. The van der Waals surface area contributed by atoms with Gasteiger partial charge in [0.05, 0.1) is 5.56 Å². The number of benzene rings is 2. The van der Waals surface area contributed by atoms with Gasteiger partial charge in [-0.05, 0) is 37.5 Å². The van der Waals surface area contributed by atoms with Crippen LogP contribution in [-0.4, -0.2) is 11.6 Å². The number of carbonyl (C=O) groups excluding carboxylic acids is 1. The quantitative estimate of drug-likeness (QED) is 0.399. The minimum Gasteiger partial charge on any atom is -0.488 e. The summed E-state index contributed by atoms with van der Waals surface area (Å²) < 4.78 is 5.82. The number of hydrogen-bond donors (Lipinski definition) is 1. The third-order valence-corrected chi connectivity index (χ3v) is 3.86. The van der Waals surface area contributed by atoms with E-state index in [1.54, 1.807) is 12.1 Å². The van der Waals surface area contributed by atoms with E-state index in [2.05, 4.69) is 17.5 Å². The number of rotatable bonds is 9. The number of hydrazone groups is 1. The largest absolute Gasteiger partial charge is 0.488 e. The Kier molecular flexibility index (Phi) is 7.70. The molecule has 0 fully saturated rings. The number of para-hydroxylation sites is 1. The Hall–Kier alpha value is -2.62. The lowest BCUT2D eigenvalue weighted by Crippen LogP contribution is -2.20. The SMILES string of the molecule is CCCCC/C(C)=N/NC(=O)c1ccccc1OCc1ccccc1. The minimum absolute atomic E-state index is 0.251. The van der Waals surface area contributed by atoms with E-state index >= 15 is 0 Å². The van der Waals surface area contributed by atoms with Crippen molar-refractivity contribution in [3.63, 3.8) is 0 Å². The van der Waals surface area contributed by atoms with Crippen molar-refractivity contribution >= 4 is 11.6 Å². The fourth-order valence-corrected chi connectivity index (χ4v) is 2.41. The lowest BCUT2D eigenvalue weighted by atomic mass is 10.1. The number of ether oxygens (including phenoxy) is 1. The first-order valence-electron chi connectivity index (χ1n) is 8.80. The molecule has 2 aromatic carbocycles. The Morgan fingerprint density at radius 3 is 2.52 bits per heavy atom. The van der Waals surface area contributed by atoms with Gasteiger partial charge in [0.2, 0.25) is 0 Å². The molecule has 4 heteroatoms. The highest BCUT2D eigenvalue weighted by molar-refractivity contribution is 5.97. The molecule has 0 spiro atoms. The second-order valence-corrected chi connectivity index (χ2v) is 6.02. The molecule has 0 saturated heterocycles. The number of nitrogens with one attached hydrogen (secondary N) is 1. The summed E-state index contributed by atoms with van der Waals surface area (Å²) in [6.45, 7) is 4.53. The van der Waals surface area contributed by atoms with Crippen molar-refractivity contribution in [3.05, 3.63) is 65.7 Å². The van der Waals surface area contributed by atoms with E-state index in [1.165, 1.54) is 12.8 Å². The van der Waals surface area contributed by atoms with Gasteiger partial charge in [0.1, 0.15) is 12.4 Å². The summed E-state index contributed by atoms with van der Waals surface area (Å²) in [6, 6.07) is 17.1. The minimum atomic E-state index is -0.251. The van der Waals surface area contributed by atoms with Crippen molar-refractivity contribution in [1.29, 1.82) is 0 Å². The smallest absolute Gasteiger partial charge is 0.275 e. The van der Waals surface area contributed by atoms with Crippen LogP contribution in [0.5, 0.6) is 5.75 Å². The number of amides is 1. The molecule has 0 radical (unpaired) electrons. The standard InChI is InChI=1S/C21H26N2O2/c1-3-4-6-11-17(2)22-23-21(24)19-14-9-10-15-20(19)25-16-18-12-7-5-8-13-18/h5,7-10,12-15H,3-4,6,11,16H2,1-2H3,(H,23,24)/b22-17+. The first-order chi connectivity index (χ1) is 12.2. The van der Waals surface area contributed by atoms with Gasteiger partial charge in [-0.15, -0.1) is 0 Å². The fourth-order valence-electron chi connectivity index (χ4n) is 2.41. The maximum atomic E-state index is 12.4. The van der Waals surface area contributed by atoms with Crippen molar-refractivity contribution in [2.75, 3.05) is 0 Å². The van der Waals surface area contributed by atoms with Crippen LogP contribution in [0.1, 0.15) is 55.5 Å². The predicted octanol–water partition coefficient (Wildman–Crippen LogP) is 4.95. The Morgan fingerprint density at radius 1 is 1.04 bits per heavy atom. The second kappa shape index (κ2) is 10.3. The van der Waals surface area contributed by atoms with Gasteiger partial charge >= 0.3 is 0 Å². The first-order valence-corrected chi connectivity index (χ1v) is 8.80. The third kappa shape index (κ3) is 6.42. The van der Waals surface area contributed by atoms with Crippen LogP contribution in [0.3, 0.4) is 0 Å². The van der Waals surface area contributed by atoms with Crippen LogP contribution in [0, 0.1) is 0 Å². The van der Waals surface area contributed by atoms with Gasteiger partial charge in [-0.2, -0.15) is 5.10 Å². The van der Waals surface area contributed by atoms with Crippen LogP contribution >= 0.6 is 0 Å². The van der Waals surface area contributed by atoms with Crippen molar-refractivity contribution in [2.45, 2.75) is 46.1 Å². The molecule has 0 unspecified atom stereocenters. The fraction of sp³-hybridized carbons (Fsp3) is 0.333. The molecule has 2 aromatic rings. The van der Waals surface area contributed by atoms with E-state index in [-0.39, 0.29) is 5.91 Å². The molecule has 0 aliphatic rings. The molecule has 0 saturated carbocycles. The summed E-state index contributed by atoms with van der Waals surface area (Å²) in [5, 5.41) is 4.19. The van der Waals surface area contributed by atoms with Gasteiger partial charge in [0.15, 0.2) is 0 Å². The molecule has 2 rings (SSSR count). The first kappa shape index (κ1) is 18.7. The Morgan fingerprint density at radius 2 is 1.76 bits per heavy atom. The molecule has 0 atom stereocenters. The molecule has 0 aromatic heterocycles. The molecule has 4 nitrogen and oxygen atoms in total. The summed E-state index contributed by atoms with van der Waals surface area (Å²) >= 11 is 0. The van der Waals surface area contributed by atoms with Crippen molar-refractivity contribution in [1.82, 2.24) is 5.43 Å². The normalized spacial score (nSPS) is 11.2. The summed E-state index contributed by atoms with van der Waals surface area (Å²) in [7, 11) is 0. The van der Waals surface area contributed by atoms with Gasteiger partial charge in [0.25, 0.3) is 5.91 Å². The zero-order valence-electron chi connectivity index (χ0n) is 15.0. The maximum Gasteiger partial charge on any atom is 0.275 e. The lowest BCUT2D eigenvalue weighted by molar-refractivity contribution is 0.0950. The molecule has 1 N–H and O–H groups in total. The van der Waals surface area contributed by atoms with Crippen LogP contribution in [0.25, 0.3) is 0 Å². The van der Waals surface area contributed by atoms with Gasteiger partial charge in [-0.1, -0.05) is 62.2 Å². The predicted molar refractivity (Wildman–Crippen MR) is 102 cm³/mol. The van der Waals surface area contributed by atoms with Gasteiger partial charge in [-0.25, -0.2) is 5.43 Å². The number of nitrogens with zero attached hydrogens (tertiary/aromatic N) is 1. The van der Waals surface area contributed by atoms with Crippen LogP contribution in [-0.2, 0) is 6.61 Å². The highest BCUT2D eigenvalue weighted by Crippen LogP contribution is 2.19. The average molecular weight is 338 g/mol. The van der Waals surface area contributed by atoms with E-state index in [4.69, 9.17) is 4.74 Å². The zero-order chi connectivity index (χ0) is 17.9. The van der Waals surface area contributed by atoms with Crippen LogP contribution < -0.4 is 10.2 Å². The molecule has 1 amide bonds. The van der Waals surface area contributed by atoms with Crippen molar-refractivity contribution in [3.8, 4) is 5.75 Å². The van der Waals surface area contributed by atoms with Crippen LogP contribution in [0.4, 0.5) is 0 Å². The molecule has 25 heavy (non-hydrogen) atoms. The van der Waals surface area contributed by atoms with Crippen LogP contribution in [0.2, 0.25) is 0 Å². The number of hydrogen-bond acceptors (Lipinski definition) is 3. The Labute approximate surface area is 149 Å². The molecule has 0 heterocycles. The number of carbonyl (C=O) groups is 1. The molecule has 0 aliphatic carbocycles. The Balaban J connectivity index is 1.96. The van der Waals surface area contributed by atoms with Gasteiger partial charge < -0.3 is 4.74 Å². The summed E-state index contributed by atoms with van der Waals surface area (Å²) in [5.41, 5.74) is 5.12. The number of unbranched alkanes of at least 4 members (excludes halogenated alkanes) is 2.